The van der Waals surface area contributed by atoms with E-state index in [9.17, 15) is 19.3 Å². The van der Waals surface area contributed by atoms with E-state index in [2.05, 4.69) is 5.32 Å². The van der Waals surface area contributed by atoms with Gasteiger partial charge in [-0.15, -0.1) is 0 Å². The molecule has 0 heterocycles. The van der Waals surface area contributed by atoms with Crippen molar-refractivity contribution in [2.45, 2.75) is 19.9 Å². The molecule has 0 atom stereocenters. The number of nitrogens with one attached hydrogen (secondary N) is 1. The normalized spacial score (nSPS) is 10.2. The highest BCUT2D eigenvalue weighted by molar-refractivity contribution is 5.94. The van der Waals surface area contributed by atoms with Crippen LogP contribution in [0.1, 0.15) is 24.2 Å². The Hall–Kier alpha value is -1.98. The average molecular weight is 226 g/mol. The molecule has 1 aromatic rings. The van der Waals surface area contributed by atoms with Crippen molar-refractivity contribution < 1.29 is 14.1 Å². The first-order valence-corrected chi connectivity index (χ1v) is 4.66. The highest BCUT2D eigenvalue weighted by Crippen LogP contribution is 2.16. The van der Waals surface area contributed by atoms with Crippen molar-refractivity contribution >= 4 is 11.6 Å². The third kappa shape index (κ3) is 2.75. The number of non-ortho nitro benzene ring substituents is 1. The number of nitro groups is 1. The summed E-state index contributed by atoms with van der Waals surface area (Å²) in [6.07, 6.45) is 0. The first-order chi connectivity index (χ1) is 7.41. The predicted molar refractivity (Wildman–Crippen MR) is 55.7 cm³/mol. The maximum Gasteiger partial charge on any atom is 0.272 e. The van der Waals surface area contributed by atoms with Gasteiger partial charge >= 0.3 is 0 Å². The predicted octanol–water partition coefficient (Wildman–Crippen LogP) is 1.87. The lowest BCUT2D eigenvalue weighted by Gasteiger charge is -2.08. The van der Waals surface area contributed by atoms with Crippen molar-refractivity contribution in [3.05, 3.63) is 39.7 Å². The summed E-state index contributed by atoms with van der Waals surface area (Å²) in [5.41, 5.74) is -0.571. The van der Waals surface area contributed by atoms with Crippen molar-refractivity contribution in [2.75, 3.05) is 0 Å². The van der Waals surface area contributed by atoms with Gasteiger partial charge in [0, 0.05) is 12.1 Å². The molecule has 6 heteroatoms. The lowest BCUT2D eigenvalue weighted by Crippen LogP contribution is -2.30. The average Bonchev–Trinajstić information content (AvgIpc) is 2.15. The standard InChI is InChI=1S/C10H11FN2O3/c1-6(2)12-10(14)8-4-3-7(13(15)16)5-9(8)11/h3-6H,1-2H3,(H,12,14). The van der Waals surface area contributed by atoms with Crippen LogP contribution in [0, 0.1) is 15.9 Å². The molecule has 0 saturated carbocycles. The van der Waals surface area contributed by atoms with Crippen LogP contribution in [0.3, 0.4) is 0 Å². The van der Waals surface area contributed by atoms with Gasteiger partial charge < -0.3 is 5.32 Å². The fourth-order valence-corrected chi connectivity index (χ4v) is 1.14. The summed E-state index contributed by atoms with van der Waals surface area (Å²) in [5, 5.41) is 12.9. The number of rotatable bonds is 3. The summed E-state index contributed by atoms with van der Waals surface area (Å²) in [5.74, 6) is -1.48. The second-order valence-corrected chi connectivity index (χ2v) is 3.55. The van der Waals surface area contributed by atoms with Crippen molar-refractivity contribution in [1.82, 2.24) is 5.32 Å². The highest BCUT2D eigenvalue weighted by Gasteiger charge is 2.16. The van der Waals surface area contributed by atoms with E-state index in [1.807, 2.05) is 0 Å². The molecule has 1 rings (SSSR count). The van der Waals surface area contributed by atoms with Gasteiger partial charge in [0.05, 0.1) is 16.6 Å². The molecule has 0 saturated heterocycles. The molecule has 16 heavy (non-hydrogen) atoms. The van der Waals surface area contributed by atoms with Crippen molar-refractivity contribution in [3.63, 3.8) is 0 Å². The van der Waals surface area contributed by atoms with E-state index in [1.54, 1.807) is 13.8 Å². The van der Waals surface area contributed by atoms with Crippen LogP contribution in [-0.4, -0.2) is 16.9 Å². The van der Waals surface area contributed by atoms with Crippen LogP contribution in [0.25, 0.3) is 0 Å². The number of halogens is 1. The van der Waals surface area contributed by atoms with E-state index >= 15 is 0 Å². The van der Waals surface area contributed by atoms with Crippen LogP contribution < -0.4 is 5.32 Å². The van der Waals surface area contributed by atoms with Gasteiger partial charge in [0.15, 0.2) is 0 Å². The SMILES string of the molecule is CC(C)NC(=O)c1ccc([N+](=O)[O-])cc1F. The van der Waals surface area contributed by atoms with Gasteiger partial charge in [-0.05, 0) is 19.9 Å². The van der Waals surface area contributed by atoms with Gasteiger partial charge in [-0.1, -0.05) is 0 Å². The van der Waals surface area contributed by atoms with Crippen LogP contribution in [0.15, 0.2) is 18.2 Å². The Morgan fingerprint density at radius 1 is 1.50 bits per heavy atom. The van der Waals surface area contributed by atoms with Gasteiger partial charge in [0.25, 0.3) is 11.6 Å². The second-order valence-electron chi connectivity index (χ2n) is 3.55. The maximum absolute atomic E-state index is 13.3. The zero-order chi connectivity index (χ0) is 12.3. The number of benzene rings is 1. The zero-order valence-corrected chi connectivity index (χ0v) is 8.86. The van der Waals surface area contributed by atoms with Crippen molar-refractivity contribution in [3.8, 4) is 0 Å². The maximum atomic E-state index is 13.3. The minimum Gasteiger partial charge on any atom is -0.350 e. The molecular weight excluding hydrogens is 215 g/mol. The monoisotopic (exact) mass is 226 g/mol. The van der Waals surface area contributed by atoms with E-state index in [-0.39, 0.29) is 17.3 Å². The molecule has 0 fully saturated rings. The third-order valence-corrected chi connectivity index (χ3v) is 1.83. The molecular formula is C10H11FN2O3. The number of nitro benzene ring substituents is 1. The Bertz CT molecular complexity index is 432. The van der Waals surface area contributed by atoms with Crippen LogP contribution in [0.2, 0.25) is 0 Å². The lowest BCUT2D eigenvalue weighted by molar-refractivity contribution is -0.385. The summed E-state index contributed by atoms with van der Waals surface area (Å²) in [6, 6.07) is 2.81. The summed E-state index contributed by atoms with van der Waals surface area (Å²) in [7, 11) is 0. The quantitative estimate of drug-likeness (QED) is 0.631. The molecule has 0 radical (unpaired) electrons. The highest BCUT2D eigenvalue weighted by atomic mass is 19.1. The molecule has 0 aliphatic carbocycles. The van der Waals surface area contributed by atoms with Crippen LogP contribution >= 0.6 is 0 Å². The Morgan fingerprint density at radius 2 is 2.12 bits per heavy atom. The molecule has 0 unspecified atom stereocenters. The summed E-state index contributed by atoms with van der Waals surface area (Å²) in [6.45, 7) is 3.47. The van der Waals surface area contributed by atoms with E-state index in [4.69, 9.17) is 0 Å². The van der Waals surface area contributed by atoms with Crippen molar-refractivity contribution in [2.24, 2.45) is 0 Å². The van der Waals surface area contributed by atoms with Crippen LogP contribution in [0.4, 0.5) is 10.1 Å². The minimum absolute atomic E-state index is 0.123. The number of hydrogen-bond donors (Lipinski definition) is 1. The number of amides is 1. The Balaban J connectivity index is 2.99. The number of hydrogen-bond acceptors (Lipinski definition) is 3. The molecule has 5 nitrogen and oxygen atoms in total. The Morgan fingerprint density at radius 3 is 2.56 bits per heavy atom. The molecule has 0 spiro atoms. The van der Waals surface area contributed by atoms with E-state index in [1.165, 1.54) is 0 Å². The first-order valence-electron chi connectivity index (χ1n) is 4.66. The molecule has 1 N–H and O–H groups in total. The van der Waals surface area contributed by atoms with Crippen LogP contribution in [0.5, 0.6) is 0 Å². The molecule has 1 aromatic carbocycles. The molecule has 0 aromatic heterocycles. The van der Waals surface area contributed by atoms with Crippen molar-refractivity contribution in [1.29, 1.82) is 0 Å². The van der Waals surface area contributed by atoms with Gasteiger partial charge in [-0.2, -0.15) is 0 Å². The third-order valence-electron chi connectivity index (χ3n) is 1.83. The van der Waals surface area contributed by atoms with E-state index in [0.717, 1.165) is 18.2 Å². The fourth-order valence-electron chi connectivity index (χ4n) is 1.14. The lowest BCUT2D eigenvalue weighted by atomic mass is 10.1. The van der Waals surface area contributed by atoms with Gasteiger partial charge in [0.2, 0.25) is 0 Å². The van der Waals surface area contributed by atoms with Gasteiger partial charge in [-0.25, -0.2) is 4.39 Å². The molecule has 1 amide bonds. The molecule has 86 valence electrons. The summed E-state index contributed by atoms with van der Waals surface area (Å²) < 4.78 is 13.3. The Labute approximate surface area is 91.4 Å². The summed E-state index contributed by atoms with van der Waals surface area (Å²) >= 11 is 0. The molecule has 0 aliphatic heterocycles. The van der Waals surface area contributed by atoms with Gasteiger partial charge in [-0.3, -0.25) is 14.9 Å². The number of nitrogens with zero attached hydrogens (tertiary/aromatic N) is 1. The van der Waals surface area contributed by atoms with Gasteiger partial charge in [0.1, 0.15) is 5.82 Å². The van der Waals surface area contributed by atoms with E-state index in [0.29, 0.717) is 0 Å². The topological polar surface area (TPSA) is 72.2 Å². The zero-order valence-electron chi connectivity index (χ0n) is 8.86. The minimum atomic E-state index is -0.896. The fraction of sp³-hybridized carbons (Fsp3) is 0.300. The first kappa shape index (κ1) is 12.1. The number of carbonyl (C=O) groups excluding carboxylic acids is 1. The molecule has 0 aliphatic rings. The molecule has 0 bridgehead atoms. The van der Waals surface area contributed by atoms with E-state index < -0.39 is 16.6 Å². The van der Waals surface area contributed by atoms with Crippen LogP contribution in [-0.2, 0) is 0 Å². The second kappa shape index (κ2) is 4.69. The number of carbonyl (C=O) groups is 1. The smallest absolute Gasteiger partial charge is 0.272 e. The Kier molecular flexibility index (Phi) is 3.55. The largest absolute Gasteiger partial charge is 0.350 e. The summed E-state index contributed by atoms with van der Waals surface area (Å²) in [4.78, 5) is 21.1.